The van der Waals surface area contributed by atoms with Crippen LogP contribution in [-0.2, 0) is 11.3 Å². The molecule has 0 spiro atoms. The summed E-state index contributed by atoms with van der Waals surface area (Å²) in [5.41, 5.74) is 0. The second kappa shape index (κ2) is 6.79. The number of furan rings is 1. The summed E-state index contributed by atoms with van der Waals surface area (Å²) in [6, 6.07) is 7.36. The molecule has 5 nitrogen and oxygen atoms in total. The Labute approximate surface area is 132 Å². The third kappa shape index (κ3) is 3.39. The Kier molecular flexibility index (Phi) is 4.58. The van der Waals surface area contributed by atoms with Crippen LogP contribution >= 0.6 is 11.3 Å². The lowest BCUT2D eigenvalue weighted by Gasteiger charge is -2.31. The normalized spacial score (nSPS) is 15.7. The topological polar surface area (TPSA) is 62.6 Å². The average molecular weight is 318 g/mol. The molecule has 1 saturated heterocycles. The average Bonchev–Trinajstić information content (AvgIpc) is 3.25. The van der Waals surface area contributed by atoms with Crippen molar-refractivity contribution in [1.29, 1.82) is 0 Å². The number of nitrogens with zero attached hydrogens (tertiary/aromatic N) is 1. The molecular weight excluding hydrogens is 300 g/mol. The fourth-order valence-corrected chi connectivity index (χ4v) is 3.32. The van der Waals surface area contributed by atoms with Gasteiger partial charge in [0, 0.05) is 19.0 Å². The molecule has 2 aromatic rings. The summed E-state index contributed by atoms with van der Waals surface area (Å²) < 4.78 is 5.19. The highest BCUT2D eigenvalue weighted by Gasteiger charge is 2.28. The fraction of sp³-hybridized carbons (Fsp3) is 0.375. The molecule has 3 heterocycles. The predicted molar refractivity (Wildman–Crippen MR) is 83.5 cm³/mol. The summed E-state index contributed by atoms with van der Waals surface area (Å²) >= 11 is 1.46. The van der Waals surface area contributed by atoms with Gasteiger partial charge in [-0.2, -0.15) is 0 Å². The van der Waals surface area contributed by atoms with E-state index in [0.29, 0.717) is 32.5 Å². The summed E-state index contributed by atoms with van der Waals surface area (Å²) in [4.78, 5) is 27.0. The third-order valence-electron chi connectivity index (χ3n) is 3.90. The predicted octanol–water partition coefficient (Wildman–Crippen LogP) is 2.51. The van der Waals surface area contributed by atoms with Crippen molar-refractivity contribution in [2.24, 2.45) is 5.92 Å². The number of amides is 2. The number of likely N-dealkylation sites (tertiary alicyclic amines) is 1. The summed E-state index contributed by atoms with van der Waals surface area (Å²) in [6.07, 6.45) is 3.01. The Hall–Kier alpha value is -2.08. The second-order valence-electron chi connectivity index (χ2n) is 5.34. The van der Waals surface area contributed by atoms with E-state index in [-0.39, 0.29) is 17.7 Å². The van der Waals surface area contributed by atoms with Crippen LogP contribution in [0.4, 0.5) is 0 Å². The van der Waals surface area contributed by atoms with E-state index >= 15 is 0 Å². The molecule has 116 valence electrons. The first kappa shape index (κ1) is 14.8. The van der Waals surface area contributed by atoms with Crippen LogP contribution in [0.1, 0.15) is 28.3 Å². The molecule has 2 amide bonds. The van der Waals surface area contributed by atoms with Gasteiger partial charge in [0.1, 0.15) is 5.76 Å². The first-order valence-electron chi connectivity index (χ1n) is 7.37. The molecule has 1 aliphatic rings. The lowest BCUT2D eigenvalue weighted by Crippen LogP contribution is -2.42. The number of hydrogen-bond acceptors (Lipinski definition) is 4. The van der Waals surface area contributed by atoms with Gasteiger partial charge in [0.05, 0.1) is 17.7 Å². The Morgan fingerprint density at radius 2 is 2.09 bits per heavy atom. The van der Waals surface area contributed by atoms with Gasteiger partial charge in [-0.25, -0.2) is 0 Å². The monoisotopic (exact) mass is 318 g/mol. The van der Waals surface area contributed by atoms with Gasteiger partial charge < -0.3 is 14.6 Å². The summed E-state index contributed by atoms with van der Waals surface area (Å²) in [5.74, 6) is 0.838. The van der Waals surface area contributed by atoms with E-state index in [1.807, 2.05) is 28.5 Å². The minimum atomic E-state index is -0.0256. The summed E-state index contributed by atoms with van der Waals surface area (Å²) in [7, 11) is 0. The molecular formula is C16H18N2O3S. The van der Waals surface area contributed by atoms with E-state index in [0.717, 1.165) is 10.6 Å². The highest BCUT2D eigenvalue weighted by atomic mass is 32.1. The number of carbonyl (C=O) groups is 2. The Morgan fingerprint density at radius 3 is 2.73 bits per heavy atom. The van der Waals surface area contributed by atoms with Crippen LogP contribution < -0.4 is 5.32 Å². The van der Waals surface area contributed by atoms with Crippen molar-refractivity contribution in [3.05, 3.63) is 46.5 Å². The molecule has 0 aliphatic carbocycles. The van der Waals surface area contributed by atoms with Gasteiger partial charge in [0.2, 0.25) is 5.91 Å². The van der Waals surface area contributed by atoms with Crippen LogP contribution in [0.5, 0.6) is 0 Å². The second-order valence-corrected chi connectivity index (χ2v) is 6.29. The number of carbonyl (C=O) groups excluding carboxylic acids is 2. The maximum Gasteiger partial charge on any atom is 0.263 e. The van der Waals surface area contributed by atoms with Crippen molar-refractivity contribution in [3.8, 4) is 0 Å². The van der Waals surface area contributed by atoms with Crippen LogP contribution in [0.2, 0.25) is 0 Å². The van der Waals surface area contributed by atoms with E-state index < -0.39 is 0 Å². The molecule has 0 unspecified atom stereocenters. The molecule has 0 saturated carbocycles. The van der Waals surface area contributed by atoms with Crippen molar-refractivity contribution < 1.29 is 14.0 Å². The molecule has 0 radical (unpaired) electrons. The smallest absolute Gasteiger partial charge is 0.263 e. The SMILES string of the molecule is O=C(NCc1ccco1)C1CCN(C(=O)c2cccs2)CC1. The van der Waals surface area contributed by atoms with Crippen LogP contribution in [0.25, 0.3) is 0 Å². The van der Waals surface area contributed by atoms with Gasteiger partial charge in [0.25, 0.3) is 5.91 Å². The first-order valence-corrected chi connectivity index (χ1v) is 8.25. The molecule has 0 aromatic carbocycles. The minimum absolute atomic E-state index is 0.0256. The van der Waals surface area contributed by atoms with Crippen molar-refractivity contribution in [2.75, 3.05) is 13.1 Å². The Bertz CT molecular complexity index is 614. The molecule has 0 bridgehead atoms. The van der Waals surface area contributed by atoms with Crippen LogP contribution in [0.3, 0.4) is 0 Å². The Morgan fingerprint density at radius 1 is 1.27 bits per heavy atom. The zero-order valence-corrected chi connectivity index (χ0v) is 13.0. The number of piperidine rings is 1. The maximum atomic E-state index is 12.2. The van der Waals surface area contributed by atoms with Crippen molar-refractivity contribution in [3.63, 3.8) is 0 Å². The number of nitrogens with one attached hydrogen (secondary N) is 1. The zero-order valence-electron chi connectivity index (χ0n) is 12.2. The highest BCUT2D eigenvalue weighted by Crippen LogP contribution is 2.21. The summed E-state index contributed by atoms with van der Waals surface area (Å²) in [6.45, 7) is 1.69. The standard InChI is InChI=1S/C16H18N2O3S/c19-15(17-11-13-3-1-9-21-13)12-5-7-18(8-6-12)16(20)14-4-2-10-22-14/h1-4,9-10,12H,5-8,11H2,(H,17,19). The van der Waals surface area contributed by atoms with Crippen LogP contribution in [-0.4, -0.2) is 29.8 Å². The van der Waals surface area contributed by atoms with E-state index in [1.54, 1.807) is 12.3 Å². The molecule has 1 fully saturated rings. The molecule has 3 rings (SSSR count). The largest absolute Gasteiger partial charge is 0.467 e. The van der Waals surface area contributed by atoms with Crippen molar-refractivity contribution in [2.45, 2.75) is 19.4 Å². The maximum absolute atomic E-state index is 12.2. The van der Waals surface area contributed by atoms with E-state index in [4.69, 9.17) is 4.42 Å². The third-order valence-corrected chi connectivity index (χ3v) is 4.76. The minimum Gasteiger partial charge on any atom is -0.467 e. The van der Waals surface area contributed by atoms with Crippen LogP contribution in [0, 0.1) is 5.92 Å². The van der Waals surface area contributed by atoms with Gasteiger partial charge in [-0.15, -0.1) is 11.3 Å². The van der Waals surface area contributed by atoms with Gasteiger partial charge in [-0.3, -0.25) is 9.59 Å². The number of rotatable bonds is 4. The van der Waals surface area contributed by atoms with Gasteiger partial charge >= 0.3 is 0 Å². The molecule has 2 aromatic heterocycles. The molecule has 22 heavy (non-hydrogen) atoms. The van der Waals surface area contributed by atoms with E-state index in [1.165, 1.54) is 11.3 Å². The van der Waals surface area contributed by atoms with E-state index in [2.05, 4.69) is 5.32 Å². The van der Waals surface area contributed by atoms with Crippen LogP contribution in [0.15, 0.2) is 40.3 Å². The molecule has 1 N–H and O–H groups in total. The van der Waals surface area contributed by atoms with Gasteiger partial charge in [0.15, 0.2) is 0 Å². The molecule has 1 aliphatic heterocycles. The van der Waals surface area contributed by atoms with Gasteiger partial charge in [-0.05, 0) is 36.4 Å². The Balaban J connectivity index is 1.47. The highest BCUT2D eigenvalue weighted by molar-refractivity contribution is 7.12. The fourth-order valence-electron chi connectivity index (χ4n) is 2.63. The number of hydrogen-bond donors (Lipinski definition) is 1. The van der Waals surface area contributed by atoms with Crippen molar-refractivity contribution >= 4 is 23.2 Å². The summed E-state index contributed by atoms with van der Waals surface area (Å²) in [5, 5.41) is 4.80. The lowest BCUT2D eigenvalue weighted by atomic mass is 9.96. The van der Waals surface area contributed by atoms with E-state index in [9.17, 15) is 9.59 Å². The number of thiophene rings is 1. The molecule has 0 atom stereocenters. The first-order chi connectivity index (χ1) is 10.7. The van der Waals surface area contributed by atoms with Gasteiger partial charge in [-0.1, -0.05) is 6.07 Å². The lowest BCUT2D eigenvalue weighted by molar-refractivity contribution is -0.126. The quantitative estimate of drug-likeness (QED) is 0.942. The van der Waals surface area contributed by atoms with Crippen molar-refractivity contribution in [1.82, 2.24) is 10.2 Å². The molecule has 6 heteroatoms. The zero-order chi connectivity index (χ0) is 15.4.